The van der Waals surface area contributed by atoms with Gasteiger partial charge in [-0.05, 0) is 76.4 Å². The second-order valence-corrected chi connectivity index (χ2v) is 10.2. The maximum atomic E-state index is 12.8. The van der Waals surface area contributed by atoms with Crippen LogP contribution >= 0.6 is 11.3 Å². The van der Waals surface area contributed by atoms with E-state index < -0.39 is 17.6 Å². The summed E-state index contributed by atoms with van der Waals surface area (Å²) in [6.07, 6.45) is 0.493. The lowest BCUT2D eigenvalue weighted by Crippen LogP contribution is -2.36. The standard InChI is InChI=1S/C25H29N3O6S/c1-5-33-20(29)13-15-7-6-14-12-16(8-9-17(14)21(15)30)27-23(31)19-11-10-18(35-19)22(26)28-24(32)34-25(2,3)4/h8-12,15H,5-7,13H2,1-4H3,(H,27,31)(H2,26,28,32). The first kappa shape index (κ1) is 26.1. The number of hydrogen-bond donors (Lipinski definition) is 3. The molecule has 0 radical (unpaired) electrons. The Morgan fingerprint density at radius 1 is 1.14 bits per heavy atom. The minimum absolute atomic E-state index is 0.0725. The minimum Gasteiger partial charge on any atom is -0.466 e. The number of fused-ring (bicyclic) bond motifs is 1. The van der Waals surface area contributed by atoms with Gasteiger partial charge in [-0.2, -0.15) is 0 Å². The van der Waals surface area contributed by atoms with E-state index in [9.17, 15) is 19.2 Å². The third-order valence-corrected chi connectivity index (χ3v) is 6.28. The van der Waals surface area contributed by atoms with Crippen LogP contribution in [-0.4, -0.2) is 41.8 Å². The number of hydrogen-bond acceptors (Lipinski definition) is 8. The van der Waals surface area contributed by atoms with Gasteiger partial charge in [-0.1, -0.05) is 0 Å². The fourth-order valence-corrected chi connectivity index (χ4v) is 4.48. The Hall–Kier alpha value is -3.53. The van der Waals surface area contributed by atoms with Crippen molar-refractivity contribution in [3.05, 3.63) is 51.2 Å². The highest BCUT2D eigenvalue weighted by molar-refractivity contribution is 7.16. The molecule has 2 amide bonds. The second kappa shape index (κ2) is 10.8. The SMILES string of the molecule is CCOC(=O)CC1CCc2cc(NC(=O)c3ccc(C(=N)NC(=O)OC(C)(C)C)s3)ccc2C1=O. The van der Waals surface area contributed by atoms with E-state index in [1.54, 1.807) is 58.0 Å². The molecule has 9 nitrogen and oxygen atoms in total. The van der Waals surface area contributed by atoms with Gasteiger partial charge in [-0.25, -0.2) is 4.79 Å². The third kappa shape index (κ3) is 6.98. The molecule has 0 bridgehead atoms. The molecular formula is C25H29N3O6S. The summed E-state index contributed by atoms with van der Waals surface area (Å²) in [5.74, 6) is -1.38. The van der Waals surface area contributed by atoms with E-state index in [0.717, 1.165) is 16.9 Å². The molecule has 10 heteroatoms. The van der Waals surface area contributed by atoms with Crippen LogP contribution in [0.3, 0.4) is 0 Å². The molecule has 1 atom stereocenters. The van der Waals surface area contributed by atoms with Crippen molar-refractivity contribution in [3.8, 4) is 0 Å². The lowest BCUT2D eigenvalue weighted by Gasteiger charge is -2.23. The number of thiophene rings is 1. The van der Waals surface area contributed by atoms with E-state index in [2.05, 4.69) is 10.6 Å². The predicted octanol–water partition coefficient (Wildman–Crippen LogP) is 4.55. The van der Waals surface area contributed by atoms with Crippen LogP contribution in [0.2, 0.25) is 0 Å². The molecule has 0 fully saturated rings. The van der Waals surface area contributed by atoms with Crippen LogP contribution in [0, 0.1) is 11.3 Å². The zero-order chi connectivity index (χ0) is 25.8. The maximum Gasteiger partial charge on any atom is 0.413 e. The van der Waals surface area contributed by atoms with Crippen molar-refractivity contribution < 1.29 is 28.7 Å². The number of esters is 1. The monoisotopic (exact) mass is 499 g/mol. The number of amidine groups is 1. The number of amides is 2. The summed E-state index contributed by atoms with van der Waals surface area (Å²) in [6, 6.07) is 8.25. The van der Waals surface area contributed by atoms with E-state index in [0.29, 0.717) is 33.8 Å². The van der Waals surface area contributed by atoms with Gasteiger partial charge in [0.1, 0.15) is 11.4 Å². The van der Waals surface area contributed by atoms with E-state index >= 15 is 0 Å². The van der Waals surface area contributed by atoms with E-state index in [4.69, 9.17) is 14.9 Å². The van der Waals surface area contributed by atoms with Crippen LogP contribution in [0.25, 0.3) is 0 Å². The summed E-state index contributed by atoms with van der Waals surface area (Å²) in [6.45, 7) is 7.19. The van der Waals surface area contributed by atoms with Crippen molar-refractivity contribution in [3.63, 3.8) is 0 Å². The van der Waals surface area contributed by atoms with Gasteiger partial charge in [0, 0.05) is 17.2 Å². The number of ketones is 1. The minimum atomic E-state index is -0.741. The van der Waals surface area contributed by atoms with Gasteiger partial charge < -0.3 is 14.8 Å². The molecule has 1 unspecified atom stereocenters. The summed E-state index contributed by atoms with van der Waals surface area (Å²) in [7, 11) is 0. The second-order valence-electron chi connectivity index (χ2n) is 9.10. The van der Waals surface area contributed by atoms with Gasteiger partial charge in [0.2, 0.25) is 0 Å². The van der Waals surface area contributed by atoms with Crippen LogP contribution < -0.4 is 10.6 Å². The highest BCUT2D eigenvalue weighted by atomic mass is 32.1. The smallest absolute Gasteiger partial charge is 0.413 e. The molecule has 1 aliphatic rings. The van der Waals surface area contributed by atoms with Gasteiger partial charge in [-0.3, -0.25) is 25.1 Å². The van der Waals surface area contributed by atoms with Crippen LogP contribution in [0.5, 0.6) is 0 Å². The molecule has 0 saturated carbocycles. The number of Topliss-reactive ketones (excluding diaryl/α,β-unsaturated/α-hetero) is 1. The average Bonchev–Trinajstić information content (AvgIpc) is 3.25. The number of carbonyl (C=O) groups is 4. The Kier molecular flexibility index (Phi) is 8.06. The number of nitrogens with one attached hydrogen (secondary N) is 3. The normalized spacial score (nSPS) is 15.1. The summed E-state index contributed by atoms with van der Waals surface area (Å²) >= 11 is 1.06. The molecule has 0 spiro atoms. The number of aryl methyl sites for hydroxylation is 1. The quantitative estimate of drug-likeness (QED) is 0.303. The van der Waals surface area contributed by atoms with Gasteiger partial charge >= 0.3 is 12.1 Å². The lowest BCUT2D eigenvalue weighted by molar-refractivity contribution is -0.144. The highest BCUT2D eigenvalue weighted by Gasteiger charge is 2.30. The fourth-order valence-electron chi connectivity index (χ4n) is 3.67. The first-order chi connectivity index (χ1) is 16.5. The molecule has 1 aromatic heterocycles. The van der Waals surface area contributed by atoms with Gasteiger partial charge in [-0.15, -0.1) is 11.3 Å². The number of benzene rings is 1. The van der Waals surface area contributed by atoms with Crippen molar-refractivity contribution >= 4 is 46.6 Å². The lowest BCUT2D eigenvalue weighted by atomic mass is 9.81. The van der Waals surface area contributed by atoms with Crippen LogP contribution in [0.15, 0.2) is 30.3 Å². The topological polar surface area (TPSA) is 135 Å². The summed E-state index contributed by atoms with van der Waals surface area (Å²) < 4.78 is 10.1. The van der Waals surface area contributed by atoms with Crippen molar-refractivity contribution in [1.82, 2.24) is 5.32 Å². The predicted molar refractivity (Wildman–Crippen MR) is 132 cm³/mol. The van der Waals surface area contributed by atoms with Crippen LogP contribution in [0.1, 0.15) is 71.0 Å². The Labute approximate surface area is 207 Å². The van der Waals surface area contributed by atoms with E-state index in [1.165, 1.54) is 0 Å². The van der Waals surface area contributed by atoms with Gasteiger partial charge in [0.15, 0.2) is 5.78 Å². The summed E-state index contributed by atoms with van der Waals surface area (Å²) in [5.41, 5.74) is 1.24. The molecule has 1 aromatic carbocycles. The Balaban J connectivity index is 1.62. The molecule has 186 valence electrons. The van der Waals surface area contributed by atoms with Crippen LogP contribution in [0.4, 0.5) is 10.5 Å². The summed E-state index contributed by atoms with van der Waals surface area (Å²) in [5, 5.41) is 13.2. The molecule has 0 aliphatic heterocycles. The Bertz CT molecular complexity index is 1160. The number of anilines is 1. The number of rotatable bonds is 6. The van der Waals surface area contributed by atoms with Gasteiger partial charge in [0.25, 0.3) is 5.91 Å². The molecular weight excluding hydrogens is 470 g/mol. The molecule has 2 aromatic rings. The number of alkyl carbamates (subject to hydrolysis) is 1. The first-order valence-corrected chi connectivity index (χ1v) is 12.1. The first-order valence-electron chi connectivity index (χ1n) is 11.3. The Morgan fingerprint density at radius 2 is 1.86 bits per heavy atom. The van der Waals surface area contributed by atoms with Crippen LogP contribution in [-0.2, 0) is 20.7 Å². The average molecular weight is 500 g/mol. The molecule has 3 N–H and O–H groups in total. The zero-order valence-corrected chi connectivity index (χ0v) is 21.0. The van der Waals surface area contributed by atoms with E-state index in [-0.39, 0.29) is 36.5 Å². The number of carbonyl (C=O) groups excluding carboxylic acids is 4. The Morgan fingerprint density at radius 3 is 2.54 bits per heavy atom. The molecule has 0 saturated heterocycles. The largest absolute Gasteiger partial charge is 0.466 e. The molecule has 35 heavy (non-hydrogen) atoms. The molecule has 3 rings (SSSR count). The summed E-state index contributed by atoms with van der Waals surface area (Å²) in [4.78, 5) is 49.9. The molecule has 1 heterocycles. The fraction of sp³-hybridized carbons (Fsp3) is 0.400. The van der Waals surface area contributed by atoms with Crippen molar-refractivity contribution in [2.75, 3.05) is 11.9 Å². The van der Waals surface area contributed by atoms with Gasteiger partial charge in [0.05, 0.1) is 22.8 Å². The number of ether oxygens (including phenoxy) is 2. The van der Waals surface area contributed by atoms with E-state index in [1.807, 2.05) is 0 Å². The van der Waals surface area contributed by atoms with Crippen molar-refractivity contribution in [2.24, 2.45) is 5.92 Å². The van der Waals surface area contributed by atoms with Crippen molar-refractivity contribution in [1.29, 1.82) is 5.41 Å². The third-order valence-electron chi connectivity index (χ3n) is 5.18. The van der Waals surface area contributed by atoms with Crippen molar-refractivity contribution in [2.45, 2.75) is 52.6 Å². The highest BCUT2D eigenvalue weighted by Crippen LogP contribution is 2.30. The molecule has 1 aliphatic carbocycles. The zero-order valence-electron chi connectivity index (χ0n) is 20.2. The maximum absolute atomic E-state index is 12.8.